The van der Waals surface area contributed by atoms with Crippen LogP contribution in [0.1, 0.15) is 29.4 Å². The normalized spacial score (nSPS) is 20.3. The number of hydrogen-bond donors (Lipinski definition) is 2. The van der Waals surface area contributed by atoms with Gasteiger partial charge in [0.05, 0.1) is 22.5 Å². The minimum atomic E-state index is 0.0542. The summed E-state index contributed by atoms with van der Waals surface area (Å²) in [6.07, 6.45) is 7.64. The Morgan fingerprint density at radius 2 is 2.12 bits per heavy atom. The molecule has 0 aliphatic heterocycles. The number of allylic oxidation sites excluding steroid dienone is 1. The molecule has 0 bridgehead atoms. The van der Waals surface area contributed by atoms with E-state index in [1.165, 1.54) is 0 Å². The molecule has 0 saturated carbocycles. The Morgan fingerprint density at radius 1 is 1.28 bits per heavy atom. The molecule has 130 valence electrons. The highest BCUT2D eigenvalue weighted by Gasteiger charge is 2.27. The molecular formula is C17H16Cl2N4OS. The molecule has 25 heavy (non-hydrogen) atoms. The molecule has 0 amide bonds. The van der Waals surface area contributed by atoms with Gasteiger partial charge in [-0.15, -0.1) is 11.3 Å². The number of hydrogen-bond acceptors (Lipinski definition) is 6. The summed E-state index contributed by atoms with van der Waals surface area (Å²) in [5.41, 5.74) is 6.97. The summed E-state index contributed by atoms with van der Waals surface area (Å²) in [4.78, 5) is 9.71. The molecule has 5 nitrogen and oxygen atoms in total. The van der Waals surface area contributed by atoms with Crippen LogP contribution in [0.3, 0.4) is 0 Å². The molecule has 1 aliphatic rings. The molecule has 3 aromatic heterocycles. The van der Waals surface area contributed by atoms with E-state index in [4.69, 9.17) is 33.4 Å². The molecule has 2 atom stereocenters. The van der Waals surface area contributed by atoms with Gasteiger partial charge in [-0.2, -0.15) is 4.98 Å². The number of thiophene rings is 1. The maximum absolute atomic E-state index is 6.64. The van der Waals surface area contributed by atoms with Crippen LogP contribution < -0.4 is 11.1 Å². The van der Waals surface area contributed by atoms with E-state index in [1.54, 1.807) is 17.6 Å². The van der Waals surface area contributed by atoms with Crippen molar-refractivity contribution >= 4 is 50.6 Å². The van der Waals surface area contributed by atoms with Crippen molar-refractivity contribution in [2.24, 2.45) is 5.73 Å². The Labute approximate surface area is 158 Å². The average Bonchev–Trinajstić information content (AvgIpc) is 3.22. The van der Waals surface area contributed by atoms with E-state index in [-0.39, 0.29) is 17.2 Å². The first-order valence-corrected chi connectivity index (χ1v) is 9.53. The predicted molar refractivity (Wildman–Crippen MR) is 103 cm³/mol. The highest BCUT2D eigenvalue weighted by molar-refractivity contribution is 7.20. The van der Waals surface area contributed by atoms with Crippen molar-refractivity contribution in [3.05, 3.63) is 51.5 Å². The lowest BCUT2D eigenvalue weighted by Gasteiger charge is -2.24. The third-order valence-electron chi connectivity index (χ3n) is 4.30. The van der Waals surface area contributed by atoms with Crippen molar-refractivity contribution in [1.82, 2.24) is 9.97 Å². The third-order valence-corrected chi connectivity index (χ3v) is 6.28. The number of fused-ring (bicyclic) bond motifs is 1. The highest BCUT2D eigenvalue weighted by atomic mass is 35.5. The Bertz CT molecular complexity index is 923. The van der Waals surface area contributed by atoms with Crippen LogP contribution in [-0.2, 0) is 6.54 Å². The number of nitrogens with zero attached hydrogens (tertiary/aromatic N) is 2. The van der Waals surface area contributed by atoms with Gasteiger partial charge in [-0.1, -0.05) is 23.8 Å². The second-order valence-electron chi connectivity index (χ2n) is 5.95. The molecule has 4 rings (SSSR count). The zero-order valence-electron chi connectivity index (χ0n) is 13.2. The Kier molecular flexibility index (Phi) is 4.69. The fourth-order valence-electron chi connectivity index (χ4n) is 3.02. The van der Waals surface area contributed by atoms with E-state index in [1.807, 2.05) is 12.1 Å². The molecule has 0 radical (unpaired) electrons. The maximum Gasteiger partial charge on any atom is 0.225 e. The zero-order valence-corrected chi connectivity index (χ0v) is 15.5. The fraction of sp³-hybridized carbons (Fsp3) is 0.294. The summed E-state index contributed by atoms with van der Waals surface area (Å²) in [6, 6.07) is 3.80. The lowest BCUT2D eigenvalue weighted by Crippen LogP contribution is -2.29. The topological polar surface area (TPSA) is 77.0 Å². The van der Waals surface area contributed by atoms with Gasteiger partial charge < -0.3 is 15.5 Å². The van der Waals surface area contributed by atoms with Crippen molar-refractivity contribution in [3.8, 4) is 0 Å². The zero-order chi connectivity index (χ0) is 17.4. The quantitative estimate of drug-likeness (QED) is 0.482. The predicted octanol–water partition coefficient (Wildman–Crippen LogP) is 4.96. The lowest BCUT2D eigenvalue weighted by atomic mass is 9.88. The van der Waals surface area contributed by atoms with Gasteiger partial charge in [-0.25, -0.2) is 4.98 Å². The summed E-state index contributed by atoms with van der Waals surface area (Å²) < 4.78 is 6.24. The van der Waals surface area contributed by atoms with Crippen LogP contribution in [0.25, 0.3) is 10.2 Å². The van der Waals surface area contributed by atoms with Crippen LogP contribution in [0.2, 0.25) is 10.3 Å². The molecular weight excluding hydrogens is 379 g/mol. The largest absolute Gasteiger partial charge is 0.467 e. The first-order chi connectivity index (χ1) is 12.1. The molecule has 3 N–H and O–H groups in total. The van der Waals surface area contributed by atoms with Gasteiger partial charge >= 0.3 is 0 Å². The van der Waals surface area contributed by atoms with Crippen LogP contribution in [0.5, 0.6) is 0 Å². The molecule has 1 aliphatic carbocycles. The van der Waals surface area contributed by atoms with Crippen LogP contribution in [0.4, 0.5) is 5.82 Å². The van der Waals surface area contributed by atoms with Gasteiger partial charge in [0.1, 0.15) is 17.1 Å². The van der Waals surface area contributed by atoms with Crippen molar-refractivity contribution in [3.63, 3.8) is 0 Å². The van der Waals surface area contributed by atoms with Gasteiger partial charge in [0.2, 0.25) is 5.28 Å². The van der Waals surface area contributed by atoms with E-state index in [2.05, 4.69) is 27.4 Å². The first-order valence-electron chi connectivity index (χ1n) is 7.95. The summed E-state index contributed by atoms with van der Waals surface area (Å²) in [5, 5.41) is 4.05. The van der Waals surface area contributed by atoms with Gasteiger partial charge in [0.25, 0.3) is 0 Å². The molecule has 3 heterocycles. The average molecular weight is 395 g/mol. The molecule has 8 heteroatoms. The van der Waals surface area contributed by atoms with Gasteiger partial charge in [0, 0.05) is 16.8 Å². The molecule has 0 saturated heterocycles. The summed E-state index contributed by atoms with van der Waals surface area (Å²) in [6.45, 7) is 0.506. The minimum Gasteiger partial charge on any atom is -0.467 e. The van der Waals surface area contributed by atoms with Crippen LogP contribution >= 0.6 is 34.5 Å². The van der Waals surface area contributed by atoms with E-state index >= 15 is 0 Å². The molecule has 0 aromatic carbocycles. The number of anilines is 1. The number of aromatic nitrogens is 2. The van der Waals surface area contributed by atoms with Gasteiger partial charge in [-0.3, -0.25) is 0 Å². The van der Waals surface area contributed by atoms with E-state index in [9.17, 15) is 0 Å². The molecule has 0 unspecified atom stereocenters. The third kappa shape index (κ3) is 3.27. The standard InChI is InChI=1S/C17H16Cl2N4OS/c18-12-13-15(25-14(12)10-5-1-2-6-11(10)20)16(23-17(19)22-13)21-8-9-4-3-7-24-9/h1-4,7,10-11H,5-6,8,20H2,(H,21,22,23)/t10-,11-/m1/s1. The van der Waals surface area contributed by atoms with E-state index < -0.39 is 0 Å². The van der Waals surface area contributed by atoms with Crippen molar-refractivity contribution in [1.29, 1.82) is 0 Å². The monoisotopic (exact) mass is 394 g/mol. The van der Waals surface area contributed by atoms with Gasteiger partial charge in [-0.05, 0) is 36.6 Å². The lowest BCUT2D eigenvalue weighted by molar-refractivity contribution is 0.518. The number of nitrogens with one attached hydrogen (secondary N) is 1. The SMILES string of the molecule is N[C@@H]1CC=CC[C@H]1c1sc2c(NCc3ccco3)nc(Cl)nc2c1Cl. The Hall–Kier alpha value is -1.60. The van der Waals surface area contributed by atoms with Crippen molar-refractivity contribution < 1.29 is 4.42 Å². The second kappa shape index (κ2) is 6.96. The van der Waals surface area contributed by atoms with Crippen molar-refractivity contribution in [2.45, 2.75) is 31.3 Å². The smallest absolute Gasteiger partial charge is 0.225 e. The first kappa shape index (κ1) is 16.8. The van der Waals surface area contributed by atoms with Crippen LogP contribution in [0, 0.1) is 0 Å². The van der Waals surface area contributed by atoms with E-state index in [0.717, 1.165) is 28.2 Å². The molecule has 0 spiro atoms. The highest BCUT2D eigenvalue weighted by Crippen LogP contribution is 2.44. The number of furan rings is 1. The summed E-state index contributed by atoms with van der Waals surface area (Å²) >= 11 is 14.3. The van der Waals surface area contributed by atoms with E-state index in [0.29, 0.717) is 22.9 Å². The van der Waals surface area contributed by atoms with Crippen LogP contribution in [0.15, 0.2) is 35.0 Å². The summed E-state index contributed by atoms with van der Waals surface area (Å²) in [5.74, 6) is 1.66. The molecule has 3 aromatic rings. The number of nitrogens with two attached hydrogens (primary N) is 1. The maximum atomic E-state index is 6.64. The minimum absolute atomic E-state index is 0.0542. The second-order valence-corrected chi connectivity index (χ2v) is 7.71. The number of halogens is 2. The van der Waals surface area contributed by atoms with Crippen LogP contribution in [-0.4, -0.2) is 16.0 Å². The van der Waals surface area contributed by atoms with Gasteiger partial charge in [0.15, 0.2) is 0 Å². The Morgan fingerprint density at radius 3 is 2.88 bits per heavy atom. The summed E-state index contributed by atoms with van der Waals surface area (Å²) in [7, 11) is 0. The number of rotatable bonds is 4. The Balaban J connectivity index is 1.73. The fourth-order valence-corrected chi connectivity index (χ4v) is 4.92. The molecule has 0 fully saturated rings. The van der Waals surface area contributed by atoms with Crippen molar-refractivity contribution in [2.75, 3.05) is 5.32 Å².